The largest absolute Gasteiger partial charge is 0.342 e. The Morgan fingerprint density at radius 2 is 1.81 bits per heavy atom. The first kappa shape index (κ1) is 21.1. The van der Waals surface area contributed by atoms with Crippen LogP contribution < -0.4 is 0 Å². The second-order valence-corrected chi connectivity index (χ2v) is 8.16. The maximum atomic E-state index is 14.8. The van der Waals surface area contributed by atoms with Crippen molar-refractivity contribution in [3.05, 3.63) is 64.3 Å². The highest BCUT2D eigenvalue weighted by Gasteiger charge is 2.26. The zero-order valence-corrected chi connectivity index (χ0v) is 17.5. The van der Waals surface area contributed by atoms with Crippen LogP contribution in [-0.2, 0) is 0 Å². The van der Waals surface area contributed by atoms with E-state index in [0.29, 0.717) is 23.2 Å². The molecule has 27 heavy (non-hydrogen) atoms. The summed E-state index contributed by atoms with van der Waals surface area (Å²) in [5, 5.41) is 0. The average Bonchev–Trinajstić information content (AvgIpc) is 2.65. The van der Waals surface area contributed by atoms with Crippen molar-refractivity contribution >= 4 is 11.7 Å². The van der Waals surface area contributed by atoms with Crippen molar-refractivity contribution in [3.8, 4) is 0 Å². The number of rotatable bonds is 5. The third-order valence-corrected chi connectivity index (χ3v) is 5.60. The average molecular weight is 370 g/mol. The van der Waals surface area contributed by atoms with Crippen molar-refractivity contribution in [1.82, 2.24) is 4.90 Å². The van der Waals surface area contributed by atoms with Crippen molar-refractivity contribution in [3.63, 3.8) is 0 Å². The molecule has 146 valence electrons. The molecule has 3 heteroatoms. The summed E-state index contributed by atoms with van der Waals surface area (Å²) in [7, 11) is 1.76. The Bertz CT molecular complexity index is 781. The third-order valence-electron chi connectivity index (χ3n) is 5.60. The summed E-state index contributed by atoms with van der Waals surface area (Å²) in [6.07, 6.45) is 7.47. The zero-order chi connectivity index (χ0) is 20.2. The van der Waals surface area contributed by atoms with Gasteiger partial charge in [-0.25, -0.2) is 4.39 Å². The van der Waals surface area contributed by atoms with Crippen LogP contribution in [-0.4, -0.2) is 24.4 Å². The van der Waals surface area contributed by atoms with E-state index in [-0.39, 0.29) is 17.1 Å². The second-order valence-electron chi connectivity index (χ2n) is 8.16. The molecule has 1 aromatic rings. The normalized spacial score (nSPS) is 17.9. The van der Waals surface area contributed by atoms with Gasteiger partial charge in [-0.2, -0.15) is 0 Å². The standard InChI is InChI=1S/C24H32FNO/c1-7-26(6)23(27)20-13-11-19(12-14-20)22(25)18(3)10-15-21-17(2)9-8-16-24(21,4)5/h10-15H,7-9,16H2,1-6H3. The van der Waals surface area contributed by atoms with Gasteiger partial charge in [0, 0.05) is 24.7 Å². The van der Waals surface area contributed by atoms with E-state index in [1.807, 2.05) is 13.0 Å². The summed E-state index contributed by atoms with van der Waals surface area (Å²) in [6, 6.07) is 6.74. The molecule has 0 aromatic heterocycles. The van der Waals surface area contributed by atoms with Gasteiger partial charge in [0.1, 0.15) is 5.83 Å². The SMILES string of the molecule is CCN(C)C(=O)c1ccc(C(F)=C(C)C=CC2=C(C)CCCC2(C)C)cc1. The molecule has 0 atom stereocenters. The van der Waals surface area contributed by atoms with E-state index in [1.54, 1.807) is 43.1 Å². The quantitative estimate of drug-likeness (QED) is 0.538. The summed E-state index contributed by atoms with van der Waals surface area (Å²) in [5.74, 6) is -0.298. The van der Waals surface area contributed by atoms with E-state index in [1.165, 1.54) is 17.6 Å². The Hall–Kier alpha value is -2.16. The molecule has 1 aliphatic rings. The summed E-state index contributed by atoms with van der Waals surface area (Å²) in [4.78, 5) is 13.8. The van der Waals surface area contributed by atoms with Crippen LogP contribution in [0.2, 0.25) is 0 Å². The van der Waals surface area contributed by atoms with Crippen LogP contribution >= 0.6 is 0 Å². The van der Waals surface area contributed by atoms with Crippen LogP contribution in [0.4, 0.5) is 4.39 Å². The first-order valence-corrected chi connectivity index (χ1v) is 9.78. The molecule has 0 fully saturated rings. The smallest absolute Gasteiger partial charge is 0.253 e. The fraction of sp³-hybridized carbons (Fsp3) is 0.458. The van der Waals surface area contributed by atoms with E-state index in [9.17, 15) is 9.18 Å². The molecule has 0 unspecified atom stereocenters. The van der Waals surface area contributed by atoms with Crippen molar-refractivity contribution < 1.29 is 9.18 Å². The molecule has 1 amide bonds. The maximum absolute atomic E-state index is 14.8. The number of benzene rings is 1. The van der Waals surface area contributed by atoms with Crippen LogP contribution in [0.1, 0.15) is 69.8 Å². The van der Waals surface area contributed by atoms with E-state index >= 15 is 0 Å². The van der Waals surface area contributed by atoms with Gasteiger partial charge in [-0.05, 0) is 68.7 Å². The summed E-state index contributed by atoms with van der Waals surface area (Å²) >= 11 is 0. The highest BCUT2D eigenvalue weighted by molar-refractivity contribution is 5.94. The monoisotopic (exact) mass is 369 g/mol. The van der Waals surface area contributed by atoms with Gasteiger partial charge in [-0.3, -0.25) is 4.79 Å². The van der Waals surface area contributed by atoms with Gasteiger partial charge < -0.3 is 4.90 Å². The molecular formula is C24H32FNO. The lowest BCUT2D eigenvalue weighted by Gasteiger charge is -2.33. The van der Waals surface area contributed by atoms with Crippen LogP contribution in [0.15, 0.2) is 53.1 Å². The van der Waals surface area contributed by atoms with Crippen molar-refractivity contribution in [2.45, 2.75) is 53.9 Å². The van der Waals surface area contributed by atoms with Gasteiger partial charge in [0.15, 0.2) is 0 Å². The van der Waals surface area contributed by atoms with Crippen LogP contribution in [0.25, 0.3) is 5.83 Å². The molecule has 0 aliphatic heterocycles. The number of hydrogen-bond donors (Lipinski definition) is 0. The molecule has 2 nitrogen and oxygen atoms in total. The van der Waals surface area contributed by atoms with E-state index < -0.39 is 0 Å². The Balaban J connectivity index is 2.23. The highest BCUT2D eigenvalue weighted by Crippen LogP contribution is 2.41. The van der Waals surface area contributed by atoms with Gasteiger partial charge in [0.25, 0.3) is 5.91 Å². The maximum Gasteiger partial charge on any atom is 0.253 e. The predicted octanol–water partition coefficient (Wildman–Crippen LogP) is 6.56. The van der Waals surface area contributed by atoms with Crippen molar-refractivity contribution in [2.24, 2.45) is 5.41 Å². The molecule has 0 heterocycles. The first-order valence-electron chi connectivity index (χ1n) is 9.78. The summed E-state index contributed by atoms with van der Waals surface area (Å²) < 4.78 is 14.8. The van der Waals surface area contributed by atoms with Crippen LogP contribution in [0.3, 0.4) is 0 Å². The molecule has 0 saturated heterocycles. The van der Waals surface area contributed by atoms with Crippen LogP contribution in [0.5, 0.6) is 0 Å². The Morgan fingerprint density at radius 1 is 1.22 bits per heavy atom. The summed E-state index contributed by atoms with van der Waals surface area (Å²) in [6.45, 7) is 11.1. The number of hydrogen-bond acceptors (Lipinski definition) is 1. The topological polar surface area (TPSA) is 20.3 Å². The third kappa shape index (κ3) is 4.97. The number of carbonyl (C=O) groups is 1. The molecule has 0 radical (unpaired) electrons. The molecule has 0 N–H and O–H groups in total. The van der Waals surface area contributed by atoms with Gasteiger partial charge in [0.2, 0.25) is 0 Å². The highest BCUT2D eigenvalue weighted by atomic mass is 19.1. The molecule has 0 bridgehead atoms. The molecule has 1 aromatic carbocycles. The van der Waals surface area contributed by atoms with Crippen molar-refractivity contribution in [1.29, 1.82) is 0 Å². The number of halogens is 1. The van der Waals surface area contributed by atoms with Crippen LogP contribution in [0, 0.1) is 5.41 Å². The van der Waals surface area contributed by atoms with Gasteiger partial charge in [0.05, 0.1) is 0 Å². The van der Waals surface area contributed by atoms with E-state index in [4.69, 9.17) is 0 Å². The molecule has 2 rings (SSSR count). The number of carbonyl (C=O) groups excluding carboxylic acids is 1. The Kier molecular flexibility index (Phi) is 6.80. The minimum absolute atomic E-state index is 0.0491. The fourth-order valence-electron chi connectivity index (χ4n) is 3.64. The minimum Gasteiger partial charge on any atom is -0.342 e. The molecule has 0 saturated carbocycles. The number of nitrogens with zero attached hydrogens (tertiary/aromatic N) is 1. The van der Waals surface area contributed by atoms with E-state index in [2.05, 4.69) is 26.8 Å². The number of allylic oxidation sites excluding steroid dienone is 5. The fourth-order valence-corrected chi connectivity index (χ4v) is 3.64. The number of amides is 1. The molecule has 0 spiro atoms. The predicted molar refractivity (Wildman–Crippen MR) is 112 cm³/mol. The van der Waals surface area contributed by atoms with Gasteiger partial charge in [-0.1, -0.05) is 43.7 Å². The van der Waals surface area contributed by atoms with Gasteiger partial charge >= 0.3 is 0 Å². The summed E-state index contributed by atoms with van der Waals surface area (Å²) in [5.41, 5.74) is 4.54. The van der Waals surface area contributed by atoms with Gasteiger partial charge in [-0.15, -0.1) is 0 Å². The minimum atomic E-state index is -0.249. The lowest BCUT2D eigenvalue weighted by Crippen LogP contribution is -2.26. The lowest BCUT2D eigenvalue weighted by atomic mass is 9.72. The second kappa shape index (κ2) is 8.69. The Morgan fingerprint density at radius 3 is 2.37 bits per heavy atom. The van der Waals surface area contributed by atoms with E-state index in [0.717, 1.165) is 12.8 Å². The molecular weight excluding hydrogens is 337 g/mol. The zero-order valence-electron chi connectivity index (χ0n) is 17.5. The molecule has 1 aliphatic carbocycles. The first-order chi connectivity index (χ1) is 12.7. The van der Waals surface area contributed by atoms with Crippen molar-refractivity contribution in [2.75, 3.05) is 13.6 Å². The Labute approximate surface area is 163 Å². The lowest BCUT2D eigenvalue weighted by molar-refractivity contribution is 0.0802.